The minimum absolute atomic E-state index is 0.733. The molecule has 19 heteroatoms. The van der Waals surface area contributed by atoms with E-state index in [1.807, 2.05) is 0 Å². The molecule has 3 aliphatic rings. The Kier molecular flexibility index (Phi) is 10.6. The number of carbonyl (C=O) groups excluding carboxylic acids is 1. The van der Waals surface area contributed by atoms with Crippen LogP contribution in [0.15, 0.2) is 0 Å². The van der Waals surface area contributed by atoms with Crippen molar-refractivity contribution in [2.45, 2.75) is 105 Å². The van der Waals surface area contributed by atoms with Crippen LogP contribution in [0.4, 0.5) is 0 Å². The third-order valence-corrected chi connectivity index (χ3v) is 8.02. The van der Waals surface area contributed by atoms with Gasteiger partial charge in [-0.2, -0.15) is 8.42 Å². The summed E-state index contributed by atoms with van der Waals surface area (Å²) in [4.78, 5) is 11.9. The molecule has 1 amide bonds. The van der Waals surface area contributed by atoms with Crippen LogP contribution in [0, 0.1) is 0 Å². The van der Waals surface area contributed by atoms with Crippen molar-refractivity contribution in [3.63, 3.8) is 0 Å². The van der Waals surface area contributed by atoms with Gasteiger partial charge in [0.15, 0.2) is 18.9 Å². The predicted octanol–water partition coefficient (Wildman–Crippen LogP) is -6.51. The third kappa shape index (κ3) is 6.85. The van der Waals surface area contributed by atoms with Gasteiger partial charge in [0.25, 0.3) is 10.1 Å². The lowest BCUT2D eigenvalue weighted by molar-refractivity contribution is -0.364. The van der Waals surface area contributed by atoms with Gasteiger partial charge in [0, 0.05) is 6.92 Å². The molecule has 3 heterocycles. The number of carbonyl (C=O) groups is 1. The molecule has 0 aromatic rings. The summed E-state index contributed by atoms with van der Waals surface area (Å²) in [6, 6.07) is -1.57. The molecule has 10 N–H and O–H groups in total. The lowest BCUT2D eigenvalue weighted by Gasteiger charge is -2.49. The molecule has 0 spiro atoms. The van der Waals surface area contributed by atoms with Crippen molar-refractivity contribution < 1.29 is 82.3 Å². The summed E-state index contributed by atoms with van der Waals surface area (Å²) in [6.07, 6.45) is -22.7. The molecule has 0 bridgehead atoms. The number of aliphatic hydroxyl groups is 8. The highest BCUT2D eigenvalue weighted by atomic mass is 32.2. The van der Waals surface area contributed by atoms with Crippen LogP contribution in [-0.4, -0.2) is 164 Å². The lowest BCUT2D eigenvalue weighted by atomic mass is 9.94. The first-order chi connectivity index (χ1) is 18.1. The molecule has 0 aliphatic carbocycles. The van der Waals surface area contributed by atoms with Gasteiger partial charge in [-0.25, -0.2) is 0 Å². The minimum Gasteiger partial charge on any atom is -0.394 e. The molecule has 3 fully saturated rings. The van der Waals surface area contributed by atoms with Crippen LogP contribution in [0.25, 0.3) is 0 Å². The fourth-order valence-corrected chi connectivity index (χ4v) is 5.74. The van der Waals surface area contributed by atoms with Crippen LogP contribution in [0.3, 0.4) is 0 Å². The van der Waals surface area contributed by atoms with E-state index in [1.165, 1.54) is 6.92 Å². The van der Waals surface area contributed by atoms with Crippen LogP contribution in [0.2, 0.25) is 0 Å². The monoisotopic (exact) mass is 593 g/mol. The molecule has 18 nitrogen and oxygen atoms in total. The van der Waals surface area contributed by atoms with Crippen molar-refractivity contribution in [2.24, 2.45) is 0 Å². The van der Waals surface area contributed by atoms with E-state index in [4.69, 9.17) is 23.7 Å². The molecule has 0 unspecified atom stereocenters. The quantitative estimate of drug-likeness (QED) is 0.117. The van der Waals surface area contributed by atoms with E-state index in [9.17, 15) is 58.6 Å². The summed E-state index contributed by atoms with van der Waals surface area (Å²) in [6.45, 7) is 0.572. The second kappa shape index (κ2) is 12.8. The second-order valence-corrected chi connectivity index (χ2v) is 11.1. The van der Waals surface area contributed by atoms with Gasteiger partial charge < -0.3 is 69.9 Å². The molecular weight excluding hydrogens is 558 g/mol. The summed E-state index contributed by atoms with van der Waals surface area (Å²) >= 11 is 0. The van der Waals surface area contributed by atoms with Gasteiger partial charge in [-0.3, -0.25) is 9.35 Å². The van der Waals surface area contributed by atoms with Crippen molar-refractivity contribution in [3.8, 4) is 0 Å². The second-order valence-electron chi connectivity index (χ2n) is 9.54. The summed E-state index contributed by atoms with van der Waals surface area (Å²) in [5.41, 5.74) is 0. The largest absolute Gasteiger partial charge is 0.394 e. The van der Waals surface area contributed by atoms with Gasteiger partial charge in [0.2, 0.25) is 5.91 Å². The van der Waals surface area contributed by atoms with E-state index < -0.39 is 120 Å². The third-order valence-electron chi connectivity index (χ3n) is 6.77. The van der Waals surface area contributed by atoms with Crippen molar-refractivity contribution in [1.29, 1.82) is 0 Å². The molecule has 3 aliphatic heterocycles. The molecule has 15 atom stereocenters. The molecule has 0 aromatic carbocycles. The average Bonchev–Trinajstić information content (AvgIpc) is 2.84. The van der Waals surface area contributed by atoms with Gasteiger partial charge >= 0.3 is 0 Å². The van der Waals surface area contributed by atoms with Crippen LogP contribution >= 0.6 is 0 Å². The first kappa shape index (κ1) is 32.4. The lowest BCUT2D eigenvalue weighted by Crippen LogP contribution is -2.69. The molecule has 0 saturated carbocycles. The molecule has 0 aromatic heterocycles. The molecule has 0 radical (unpaired) electrons. The Morgan fingerprint density at radius 2 is 1.36 bits per heavy atom. The maximum atomic E-state index is 11.9. The number of hydrogen-bond donors (Lipinski definition) is 10. The number of hydrogen-bond acceptors (Lipinski definition) is 16. The van der Waals surface area contributed by atoms with E-state index in [1.54, 1.807) is 0 Å². The van der Waals surface area contributed by atoms with Gasteiger partial charge in [-0.1, -0.05) is 0 Å². The zero-order valence-electron chi connectivity index (χ0n) is 20.8. The van der Waals surface area contributed by atoms with E-state index in [2.05, 4.69) is 5.32 Å². The zero-order valence-corrected chi connectivity index (χ0v) is 21.6. The van der Waals surface area contributed by atoms with Crippen molar-refractivity contribution in [2.75, 3.05) is 13.2 Å². The van der Waals surface area contributed by atoms with E-state index >= 15 is 0 Å². The topological polar surface area (TPSA) is 291 Å². The summed E-state index contributed by atoms with van der Waals surface area (Å²) in [7, 11) is -5.15. The number of amides is 1. The highest BCUT2D eigenvalue weighted by Gasteiger charge is 2.56. The predicted molar refractivity (Wildman–Crippen MR) is 121 cm³/mol. The van der Waals surface area contributed by atoms with Gasteiger partial charge in [0.05, 0.1) is 19.3 Å². The van der Waals surface area contributed by atoms with Crippen LogP contribution in [0.1, 0.15) is 13.8 Å². The fraction of sp³-hybridized carbons (Fsp3) is 0.950. The average molecular weight is 594 g/mol. The van der Waals surface area contributed by atoms with Crippen LogP contribution in [0.5, 0.6) is 0 Å². The summed E-state index contributed by atoms with van der Waals surface area (Å²) in [5, 5.41) is 81.4. The van der Waals surface area contributed by atoms with Crippen molar-refractivity contribution in [1.82, 2.24) is 5.32 Å². The van der Waals surface area contributed by atoms with E-state index in [-0.39, 0.29) is 0 Å². The molecule has 39 heavy (non-hydrogen) atoms. The maximum absolute atomic E-state index is 11.9. The number of aliphatic hydroxyl groups excluding tert-OH is 8. The van der Waals surface area contributed by atoms with Crippen LogP contribution < -0.4 is 5.32 Å². The Morgan fingerprint density at radius 3 is 1.90 bits per heavy atom. The summed E-state index contributed by atoms with van der Waals surface area (Å²) < 4.78 is 60.8. The Balaban J connectivity index is 1.99. The first-order valence-electron chi connectivity index (χ1n) is 11.9. The fourth-order valence-electron chi connectivity index (χ4n) is 4.73. The highest BCUT2D eigenvalue weighted by Crippen LogP contribution is 2.34. The maximum Gasteiger partial charge on any atom is 0.273 e. The van der Waals surface area contributed by atoms with Gasteiger partial charge in [0.1, 0.15) is 66.2 Å². The number of rotatable bonds is 8. The minimum atomic E-state index is -5.15. The van der Waals surface area contributed by atoms with Crippen molar-refractivity contribution in [3.05, 3.63) is 0 Å². The smallest absolute Gasteiger partial charge is 0.273 e. The van der Waals surface area contributed by atoms with E-state index in [0.717, 1.165) is 6.92 Å². The zero-order chi connectivity index (χ0) is 29.4. The Morgan fingerprint density at radius 1 is 0.795 bits per heavy atom. The normalized spacial score (nSPS) is 47.5. The number of nitrogens with one attached hydrogen (secondary N) is 1. The van der Waals surface area contributed by atoms with Gasteiger partial charge in [-0.05, 0) is 6.92 Å². The number of ether oxygens (including phenoxy) is 5. The molecular formula is C20H35NO17S. The SMILES string of the molecule is CC(=O)N[C@@H]1[C@@H](O[C@@H]2O[C@H](CO)[C@H](O)[C@H](S(=O)(=O)O)[C@H]2O)[C@H](O[C@@H]2O[C@@H](C)[C@@H](O)[C@@H](O)[C@@H]2O)[C@@H](CO)O[C@H]1O. The Bertz CT molecular complexity index is 939. The van der Waals surface area contributed by atoms with Gasteiger partial charge in [-0.15, -0.1) is 0 Å². The van der Waals surface area contributed by atoms with Crippen LogP contribution in [-0.2, 0) is 38.6 Å². The summed E-state index contributed by atoms with van der Waals surface area (Å²) in [5.74, 6) is -0.733. The Labute approximate surface area is 222 Å². The highest BCUT2D eigenvalue weighted by molar-refractivity contribution is 7.86. The molecule has 3 rings (SSSR count). The van der Waals surface area contributed by atoms with E-state index in [0.29, 0.717) is 0 Å². The molecule has 228 valence electrons. The molecule has 3 saturated heterocycles. The van der Waals surface area contributed by atoms with Crippen molar-refractivity contribution >= 4 is 16.0 Å². The Hall–Kier alpha value is -1.14. The first-order valence-corrected chi connectivity index (χ1v) is 13.4. The standard InChI is InChI=1S/C20H35NO17S/c1-5-10(25)12(27)13(28)19(34-5)37-15-8(4-23)35-18(30)9(21-6(2)24)16(15)38-20-14(29)17(39(31,32)33)11(26)7(3-22)36-20/h5,7-20,22-23,25-30H,3-4H2,1-2H3,(H,21,24)(H,31,32,33)/t5-,7+,8+,9+,10+,11-,12+,13-,14+,15+,16+,17-,18+,19-,20-/m0/s1.